The van der Waals surface area contributed by atoms with Crippen molar-refractivity contribution in [2.24, 2.45) is 0 Å². The highest BCUT2D eigenvalue weighted by molar-refractivity contribution is 7.99. The number of hydrogen-bond acceptors (Lipinski definition) is 5. The molecule has 0 saturated carbocycles. The molecule has 1 N–H and O–H groups in total. The normalized spacial score (nSPS) is 10.6. The van der Waals surface area contributed by atoms with E-state index >= 15 is 0 Å². The fourth-order valence-corrected chi connectivity index (χ4v) is 5.06. The van der Waals surface area contributed by atoms with E-state index in [1.165, 1.54) is 11.8 Å². The van der Waals surface area contributed by atoms with E-state index in [4.69, 9.17) is 9.72 Å². The van der Waals surface area contributed by atoms with Crippen LogP contribution < -0.4 is 10.1 Å². The highest BCUT2D eigenvalue weighted by atomic mass is 32.2. The van der Waals surface area contributed by atoms with Crippen LogP contribution >= 0.6 is 11.8 Å². The molecule has 1 amide bonds. The van der Waals surface area contributed by atoms with E-state index in [1.54, 1.807) is 7.11 Å². The number of aryl methyl sites for hydroxylation is 3. The Morgan fingerprint density at radius 1 is 0.919 bits per heavy atom. The van der Waals surface area contributed by atoms with Crippen molar-refractivity contribution in [3.63, 3.8) is 0 Å². The fraction of sp³-hybridized carbons (Fsp3) is 0.194. The Bertz CT molecular complexity index is 1440. The van der Waals surface area contributed by atoms with E-state index < -0.39 is 0 Å². The summed E-state index contributed by atoms with van der Waals surface area (Å²) in [5, 5.41) is 13.7. The Morgan fingerprint density at radius 2 is 1.57 bits per heavy atom. The van der Waals surface area contributed by atoms with Gasteiger partial charge >= 0.3 is 0 Å². The van der Waals surface area contributed by atoms with Crippen molar-refractivity contribution < 1.29 is 9.53 Å². The second-order valence-corrected chi connectivity index (χ2v) is 10.0. The van der Waals surface area contributed by atoms with Crippen molar-refractivity contribution in [3.8, 4) is 34.2 Å². The van der Waals surface area contributed by atoms with Gasteiger partial charge in [-0.2, -0.15) is 5.26 Å². The number of thioether (sulfide) groups is 1. The van der Waals surface area contributed by atoms with Crippen LogP contribution in [0.3, 0.4) is 0 Å². The van der Waals surface area contributed by atoms with E-state index in [0.717, 1.165) is 50.5 Å². The van der Waals surface area contributed by atoms with Gasteiger partial charge in [-0.1, -0.05) is 35.9 Å². The van der Waals surface area contributed by atoms with Crippen LogP contribution in [-0.2, 0) is 4.79 Å². The number of pyridine rings is 1. The summed E-state index contributed by atoms with van der Waals surface area (Å²) >= 11 is 1.43. The maximum atomic E-state index is 12.6. The van der Waals surface area contributed by atoms with Crippen molar-refractivity contribution in [1.82, 2.24) is 4.98 Å². The van der Waals surface area contributed by atoms with Crippen molar-refractivity contribution in [2.75, 3.05) is 18.2 Å². The molecule has 1 aromatic heterocycles. The minimum absolute atomic E-state index is 0.0684. The van der Waals surface area contributed by atoms with Gasteiger partial charge in [-0.25, -0.2) is 4.98 Å². The summed E-state index contributed by atoms with van der Waals surface area (Å²) < 4.78 is 5.30. The predicted octanol–water partition coefficient (Wildman–Crippen LogP) is 7.34. The van der Waals surface area contributed by atoms with Crippen LogP contribution in [-0.4, -0.2) is 23.8 Å². The van der Waals surface area contributed by atoms with Gasteiger partial charge in [0.2, 0.25) is 5.91 Å². The summed E-state index contributed by atoms with van der Waals surface area (Å²) in [4.78, 5) is 17.5. The topological polar surface area (TPSA) is 75.0 Å². The maximum absolute atomic E-state index is 12.6. The minimum Gasteiger partial charge on any atom is -0.497 e. The van der Waals surface area contributed by atoms with Gasteiger partial charge in [0, 0.05) is 29.0 Å². The first-order chi connectivity index (χ1) is 17.9. The average Bonchev–Trinajstić information content (AvgIpc) is 2.88. The van der Waals surface area contributed by atoms with E-state index in [2.05, 4.69) is 17.5 Å². The zero-order valence-corrected chi connectivity index (χ0v) is 22.3. The van der Waals surface area contributed by atoms with Crippen LogP contribution in [0.1, 0.15) is 28.7 Å². The molecular weight excluding hydrogens is 478 g/mol. The van der Waals surface area contributed by atoms with Gasteiger partial charge in [-0.15, -0.1) is 11.8 Å². The number of aromatic nitrogens is 1. The van der Waals surface area contributed by atoms with Crippen LogP contribution in [0.2, 0.25) is 0 Å². The molecule has 0 bridgehead atoms. The number of amides is 1. The molecule has 4 aromatic rings. The first-order valence-electron chi connectivity index (χ1n) is 12.0. The van der Waals surface area contributed by atoms with E-state index in [-0.39, 0.29) is 5.91 Å². The number of ether oxygens (including phenoxy) is 1. The quantitative estimate of drug-likeness (QED) is 0.253. The second kappa shape index (κ2) is 11.8. The van der Waals surface area contributed by atoms with E-state index in [9.17, 15) is 10.1 Å². The summed E-state index contributed by atoms with van der Waals surface area (Å²) in [6.45, 7) is 6.05. The Labute approximate surface area is 222 Å². The third-order valence-corrected chi connectivity index (χ3v) is 6.90. The highest BCUT2D eigenvalue weighted by Crippen LogP contribution is 2.35. The molecule has 0 radical (unpaired) electrons. The van der Waals surface area contributed by atoms with Crippen molar-refractivity contribution >= 4 is 23.4 Å². The first-order valence-corrected chi connectivity index (χ1v) is 13.0. The average molecular weight is 508 g/mol. The fourth-order valence-electron chi connectivity index (χ4n) is 4.12. The monoisotopic (exact) mass is 507 g/mol. The van der Waals surface area contributed by atoms with Gasteiger partial charge in [0.25, 0.3) is 0 Å². The van der Waals surface area contributed by atoms with Crippen LogP contribution in [0.4, 0.5) is 5.69 Å². The van der Waals surface area contributed by atoms with Gasteiger partial charge < -0.3 is 10.1 Å². The predicted molar refractivity (Wildman–Crippen MR) is 151 cm³/mol. The zero-order valence-electron chi connectivity index (χ0n) is 21.5. The molecule has 0 spiro atoms. The Hall–Kier alpha value is -4.08. The number of anilines is 1. The smallest absolute Gasteiger partial charge is 0.225 e. The van der Waals surface area contributed by atoms with Crippen molar-refractivity contribution in [1.29, 1.82) is 5.26 Å². The molecular formula is C31H29N3O2S. The molecule has 0 fully saturated rings. The third-order valence-electron chi connectivity index (χ3n) is 5.92. The molecule has 0 aliphatic carbocycles. The van der Waals surface area contributed by atoms with Crippen molar-refractivity contribution in [2.45, 2.75) is 32.2 Å². The lowest BCUT2D eigenvalue weighted by atomic mass is 9.98. The summed E-state index contributed by atoms with van der Waals surface area (Å²) in [5.74, 6) is 1.19. The molecule has 1 heterocycles. The number of nitrogens with one attached hydrogen (secondary N) is 1. The Kier molecular flexibility index (Phi) is 8.27. The second-order valence-electron chi connectivity index (χ2n) is 8.96. The summed E-state index contributed by atoms with van der Waals surface area (Å²) in [7, 11) is 1.63. The number of carbonyl (C=O) groups excluding carboxylic acids is 1. The Morgan fingerprint density at radius 3 is 2.19 bits per heavy atom. The molecule has 5 nitrogen and oxygen atoms in total. The molecule has 0 aliphatic rings. The summed E-state index contributed by atoms with van der Waals surface area (Å²) in [6, 6.07) is 26.1. The lowest BCUT2D eigenvalue weighted by molar-refractivity contribution is -0.115. The molecule has 0 aliphatic heterocycles. The SMILES string of the molecule is COc1ccc(-c2cc(-c3ccc(C)cc3)c(C#N)c(SCCC(=O)Nc3cc(C)cc(C)c3)n2)cc1. The minimum atomic E-state index is -0.0684. The molecule has 0 unspecified atom stereocenters. The number of benzene rings is 3. The molecule has 0 saturated heterocycles. The Balaban J connectivity index is 1.61. The lowest BCUT2D eigenvalue weighted by Crippen LogP contribution is -2.12. The lowest BCUT2D eigenvalue weighted by Gasteiger charge is -2.13. The van der Waals surface area contributed by atoms with Gasteiger partial charge in [0.05, 0.1) is 18.4 Å². The number of methoxy groups -OCH3 is 1. The largest absolute Gasteiger partial charge is 0.497 e. The summed E-state index contributed by atoms with van der Waals surface area (Å²) in [6.07, 6.45) is 0.302. The number of hydrogen-bond donors (Lipinski definition) is 1. The van der Waals surface area contributed by atoms with Crippen LogP contribution in [0.15, 0.2) is 77.8 Å². The van der Waals surface area contributed by atoms with Gasteiger partial charge in [-0.05, 0) is 79.9 Å². The standard InChI is InChI=1S/C31H29N3O2S/c1-20-5-7-23(8-6-20)27-18-29(24-9-11-26(36-4)12-10-24)34-31(28(27)19-32)37-14-13-30(35)33-25-16-21(2)15-22(3)17-25/h5-12,15-18H,13-14H2,1-4H3,(H,33,35). The van der Waals surface area contributed by atoms with Crippen LogP contribution in [0.25, 0.3) is 22.4 Å². The van der Waals surface area contributed by atoms with Gasteiger partial charge in [0.15, 0.2) is 0 Å². The van der Waals surface area contributed by atoms with E-state index in [1.807, 2.05) is 87.5 Å². The number of nitriles is 1. The van der Waals surface area contributed by atoms with Crippen LogP contribution in [0, 0.1) is 32.1 Å². The third kappa shape index (κ3) is 6.58. The van der Waals surface area contributed by atoms with Crippen molar-refractivity contribution in [3.05, 3.63) is 95.1 Å². The maximum Gasteiger partial charge on any atom is 0.225 e. The van der Waals surface area contributed by atoms with Gasteiger partial charge in [0.1, 0.15) is 16.8 Å². The highest BCUT2D eigenvalue weighted by Gasteiger charge is 2.17. The van der Waals surface area contributed by atoms with Gasteiger partial charge in [-0.3, -0.25) is 4.79 Å². The molecule has 3 aromatic carbocycles. The number of carbonyl (C=O) groups is 1. The van der Waals surface area contributed by atoms with E-state index in [0.29, 0.717) is 22.8 Å². The zero-order chi connectivity index (χ0) is 26.4. The summed E-state index contributed by atoms with van der Waals surface area (Å²) in [5.41, 5.74) is 8.13. The molecule has 37 heavy (non-hydrogen) atoms. The molecule has 6 heteroatoms. The van der Waals surface area contributed by atoms with Crippen LogP contribution in [0.5, 0.6) is 5.75 Å². The number of nitrogens with zero attached hydrogens (tertiary/aromatic N) is 2. The molecule has 186 valence electrons. The molecule has 4 rings (SSSR count). The first kappa shape index (κ1) is 26.0. The number of rotatable bonds is 8. The molecule has 0 atom stereocenters.